The van der Waals surface area contributed by atoms with Crippen molar-refractivity contribution in [1.82, 2.24) is 15.1 Å². The van der Waals surface area contributed by atoms with Gasteiger partial charge in [0.15, 0.2) is 0 Å². The maximum atomic E-state index is 12.3. The number of carbonyl (C=O) groups is 1. The topological polar surface area (TPSA) is 46.9 Å². The first kappa shape index (κ1) is 14.3. The highest BCUT2D eigenvalue weighted by Gasteiger charge is 2.15. The van der Waals surface area contributed by atoms with Crippen molar-refractivity contribution in [2.75, 3.05) is 0 Å². The summed E-state index contributed by atoms with van der Waals surface area (Å²) in [5, 5.41) is 7.37. The summed E-state index contributed by atoms with van der Waals surface area (Å²) >= 11 is 0. The van der Waals surface area contributed by atoms with Gasteiger partial charge >= 0.3 is 0 Å². The van der Waals surface area contributed by atoms with Gasteiger partial charge in [0.1, 0.15) is 5.69 Å². The Morgan fingerprint density at radius 2 is 2.05 bits per heavy atom. The predicted octanol–water partition coefficient (Wildman–Crippen LogP) is 2.86. The SMILES string of the molecule is CCCc1cc(C(=O)N[C@H](C)c2ccccc2)n(C)n1. The molecule has 1 amide bonds. The fourth-order valence-electron chi connectivity index (χ4n) is 2.21. The minimum Gasteiger partial charge on any atom is -0.344 e. The highest BCUT2D eigenvalue weighted by atomic mass is 16.2. The Bertz CT molecular complexity index is 575. The van der Waals surface area contributed by atoms with Crippen molar-refractivity contribution >= 4 is 5.91 Å². The van der Waals surface area contributed by atoms with Crippen molar-refractivity contribution in [2.45, 2.75) is 32.7 Å². The van der Waals surface area contributed by atoms with Crippen LogP contribution in [-0.4, -0.2) is 15.7 Å². The van der Waals surface area contributed by atoms with Gasteiger partial charge in [-0.1, -0.05) is 43.7 Å². The van der Waals surface area contributed by atoms with Gasteiger partial charge in [-0.05, 0) is 25.0 Å². The van der Waals surface area contributed by atoms with Crippen molar-refractivity contribution in [3.05, 3.63) is 53.3 Å². The molecule has 4 heteroatoms. The standard InChI is InChI=1S/C16H21N3O/c1-4-8-14-11-15(19(3)18-14)16(20)17-12(2)13-9-6-5-7-10-13/h5-7,9-12H,4,8H2,1-3H3,(H,17,20)/t12-/m1/s1. The largest absolute Gasteiger partial charge is 0.344 e. The Morgan fingerprint density at radius 1 is 1.35 bits per heavy atom. The van der Waals surface area contributed by atoms with E-state index in [9.17, 15) is 4.79 Å². The quantitative estimate of drug-likeness (QED) is 0.909. The second-order valence-electron chi connectivity index (χ2n) is 5.00. The number of hydrogen-bond acceptors (Lipinski definition) is 2. The third-order valence-electron chi connectivity index (χ3n) is 3.32. The number of hydrogen-bond donors (Lipinski definition) is 1. The van der Waals surface area contributed by atoms with Gasteiger partial charge in [0.2, 0.25) is 0 Å². The van der Waals surface area contributed by atoms with Gasteiger partial charge in [-0.15, -0.1) is 0 Å². The van der Waals surface area contributed by atoms with E-state index in [0.717, 1.165) is 24.1 Å². The number of benzene rings is 1. The first-order chi connectivity index (χ1) is 9.61. The van der Waals surface area contributed by atoms with Crippen molar-refractivity contribution < 1.29 is 4.79 Å². The summed E-state index contributed by atoms with van der Waals surface area (Å²) < 4.78 is 1.65. The van der Waals surface area contributed by atoms with Crippen molar-refractivity contribution in [1.29, 1.82) is 0 Å². The summed E-state index contributed by atoms with van der Waals surface area (Å²) in [5.41, 5.74) is 2.67. The third kappa shape index (κ3) is 3.26. The molecule has 0 aliphatic carbocycles. The number of amides is 1. The Labute approximate surface area is 119 Å². The van der Waals surface area contributed by atoms with E-state index in [1.807, 2.05) is 43.3 Å². The number of nitrogens with zero attached hydrogens (tertiary/aromatic N) is 2. The molecule has 0 bridgehead atoms. The van der Waals surface area contributed by atoms with Gasteiger partial charge in [0.05, 0.1) is 11.7 Å². The van der Waals surface area contributed by atoms with Crippen LogP contribution < -0.4 is 5.32 Å². The van der Waals surface area contributed by atoms with Gasteiger partial charge in [0, 0.05) is 7.05 Å². The summed E-state index contributed by atoms with van der Waals surface area (Å²) in [4.78, 5) is 12.3. The van der Waals surface area contributed by atoms with Crippen LogP contribution >= 0.6 is 0 Å². The lowest BCUT2D eigenvalue weighted by molar-refractivity contribution is 0.0930. The molecule has 1 N–H and O–H groups in total. The van der Waals surface area contributed by atoms with E-state index < -0.39 is 0 Å². The fraction of sp³-hybridized carbons (Fsp3) is 0.375. The first-order valence-corrected chi connectivity index (χ1v) is 7.00. The van der Waals surface area contributed by atoms with E-state index >= 15 is 0 Å². The van der Waals surface area contributed by atoms with Crippen molar-refractivity contribution in [3.63, 3.8) is 0 Å². The molecule has 2 aromatic rings. The van der Waals surface area contributed by atoms with E-state index in [4.69, 9.17) is 0 Å². The average Bonchev–Trinajstić information content (AvgIpc) is 2.81. The summed E-state index contributed by atoms with van der Waals surface area (Å²) in [6, 6.07) is 11.8. The summed E-state index contributed by atoms with van der Waals surface area (Å²) in [7, 11) is 1.81. The maximum Gasteiger partial charge on any atom is 0.270 e. The van der Waals surface area contributed by atoms with Crippen LogP contribution in [0.4, 0.5) is 0 Å². The summed E-state index contributed by atoms with van der Waals surface area (Å²) in [5.74, 6) is -0.0845. The molecule has 1 atom stereocenters. The van der Waals surface area contributed by atoms with E-state index in [-0.39, 0.29) is 11.9 Å². The minimum absolute atomic E-state index is 0.0202. The second-order valence-corrected chi connectivity index (χ2v) is 5.00. The molecule has 1 aromatic carbocycles. The van der Waals surface area contributed by atoms with Crippen molar-refractivity contribution in [2.24, 2.45) is 7.05 Å². The molecule has 0 saturated carbocycles. The Morgan fingerprint density at radius 3 is 2.70 bits per heavy atom. The van der Waals surface area contributed by atoms with Crippen LogP contribution in [-0.2, 0) is 13.5 Å². The monoisotopic (exact) mass is 271 g/mol. The first-order valence-electron chi connectivity index (χ1n) is 7.00. The lowest BCUT2D eigenvalue weighted by Gasteiger charge is -2.14. The number of carbonyl (C=O) groups excluding carboxylic acids is 1. The zero-order valence-electron chi connectivity index (χ0n) is 12.3. The van der Waals surface area contributed by atoms with Gasteiger partial charge in [0.25, 0.3) is 5.91 Å². The smallest absolute Gasteiger partial charge is 0.270 e. The molecule has 4 nitrogen and oxygen atoms in total. The van der Waals surface area contributed by atoms with Crippen molar-refractivity contribution in [3.8, 4) is 0 Å². The number of aryl methyl sites for hydroxylation is 2. The summed E-state index contributed by atoms with van der Waals surface area (Å²) in [6.45, 7) is 4.09. The molecule has 0 fully saturated rings. The maximum absolute atomic E-state index is 12.3. The van der Waals surface area contributed by atoms with Crippen LogP contribution in [0.5, 0.6) is 0 Å². The number of rotatable bonds is 5. The second kappa shape index (κ2) is 6.37. The van der Waals surface area contributed by atoms with Crippen LogP contribution in [0.2, 0.25) is 0 Å². The van der Waals surface area contributed by atoms with Gasteiger partial charge in [-0.2, -0.15) is 5.10 Å². The Balaban J connectivity index is 2.08. The van der Waals surface area contributed by atoms with Crippen LogP contribution in [0.3, 0.4) is 0 Å². The molecule has 1 aromatic heterocycles. The molecule has 0 aliphatic heterocycles. The average molecular weight is 271 g/mol. The van der Waals surface area contributed by atoms with E-state index in [1.165, 1.54) is 0 Å². The zero-order valence-corrected chi connectivity index (χ0v) is 12.3. The summed E-state index contributed by atoms with van der Waals surface area (Å²) in [6.07, 6.45) is 1.92. The highest BCUT2D eigenvalue weighted by molar-refractivity contribution is 5.92. The molecular weight excluding hydrogens is 250 g/mol. The number of nitrogens with one attached hydrogen (secondary N) is 1. The molecule has 0 saturated heterocycles. The molecule has 20 heavy (non-hydrogen) atoms. The van der Waals surface area contributed by atoms with E-state index in [0.29, 0.717) is 5.69 Å². The van der Waals surface area contributed by atoms with E-state index in [1.54, 1.807) is 11.7 Å². The molecule has 2 rings (SSSR count). The normalized spacial score (nSPS) is 12.2. The zero-order chi connectivity index (χ0) is 14.5. The molecule has 0 aliphatic rings. The molecule has 1 heterocycles. The van der Waals surface area contributed by atoms with Gasteiger partial charge in [-0.3, -0.25) is 9.48 Å². The van der Waals surface area contributed by atoms with Crippen LogP contribution in [0.25, 0.3) is 0 Å². The molecular formula is C16H21N3O. The van der Waals surface area contributed by atoms with E-state index in [2.05, 4.69) is 17.3 Å². The van der Waals surface area contributed by atoms with Crippen LogP contribution in [0.15, 0.2) is 36.4 Å². The lowest BCUT2D eigenvalue weighted by atomic mass is 10.1. The lowest BCUT2D eigenvalue weighted by Crippen LogP contribution is -2.28. The van der Waals surface area contributed by atoms with Crippen LogP contribution in [0.1, 0.15) is 48.1 Å². The molecule has 0 spiro atoms. The Kier molecular flexibility index (Phi) is 4.56. The van der Waals surface area contributed by atoms with Gasteiger partial charge < -0.3 is 5.32 Å². The number of aromatic nitrogens is 2. The minimum atomic E-state index is -0.0845. The van der Waals surface area contributed by atoms with Crippen LogP contribution in [0, 0.1) is 0 Å². The third-order valence-corrected chi connectivity index (χ3v) is 3.32. The molecule has 0 unspecified atom stereocenters. The highest BCUT2D eigenvalue weighted by Crippen LogP contribution is 2.13. The Hall–Kier alpha value is -2.10. The molecule has 106 valence electrons. The predicted molar refractivity (Wildman–Crippen MR) is 79.5 cm³/mol. The molecule has 0 radical (unpaired) electrons. The van der Waals surface area contributed by atoms with Gasteiger partial charge in [-0.25, -0.2) is 0 Å². The fourth-order valence-corrected chi connectivity index (χ4v) is 2.21.